The number of carbonyl (C=O) groups excluding carboxylic acids is 1. The van der Waals surface area contributed by atoms with Gasteiger partial charge >= 0.3 is 0 Å². The lowest BCUT2D eigenvalue weighted by molar-refractivity contribution is 0.0856. The summed E-state index contributed by atoms with van der Waals surface area (Å²) in [4.78, 5) is 12.0. The summed E-state index contributed by atoms with van der Waals surface area (Å²) in [5, 5.41) is 6.52. The normalized spacial score (nSPS) is 19.9. The van der Waals surface area contributed by atoms with Crippen molar-refractivity contribution in [2.24, 2.45) is 0 Å². The third kappa shape index (κ3) is 4.04. The van der Waals surface area contributed by atoms with Crippen LogP contribution >= 0.6 is 0 Å². The van der Waals surface area contributed by atoms with Gasteiger partial charge in [0, 0.05) is 12.1 Å². The first kappa shape index (κ1) is 17.1. The molecule has 0 aliphatic heterocycles. The molecule has 0 bridgehead atoms. The highest BCUT2D eigenvalue weighted by molar-refractivity contribution is 5.91. The lowest BCUT2D eigenvalue weighted by atomic mass is 9.93. The van der Waals surface area contributed by atoms with Crippen molar-refractivity contribution in [2.45, 2.75) is 37.8 Å². The van der Waals surface area contributed by atoms with Crippen LogP contribution in [0.3, 0.4) is 0 Å². The van der Waals surface area contributed by atoms with Gasteiger partial charge in [0.1, 0.15) is 0 Å². The van der Waals surface area contributed by atoms with E-state index in [0.29, 0.717) is 17.2 Å². The number of amides is 1. The predicted octanol–water partition coefficient (Wildman–Crippen LogP) is 2.81. The fourth-order valence-electron chi connectivity index (χ4n) is 3.04. The first-order valence-corrected chi connectivity index (χ1v) is 8.30. The van der Waals surface area contributed by atoms with E-state index in [4.69, 9.17) is 18.7 Å². The van der Waals surface area contributed by atoms with Gasteiger partial charge in [-0.05, 0) is 37.8 Å². The van der Waals surface area contributed by atoms with Gasteiger partial charge in [-0.25, -0.2) is 0 Å². The van der Waals surface area contributed by atoms with Gasteiger partial charge in [0.05, 0.1) is 26.5 Å². The van der Waals surface area contributed by atoms with Crippen LogP contribution in [-0.2, 0) is 0 Å². The quantitative estimate of drug-likeness (QED) is 0.866. The van der Waals surface area contributed by atoms with Crippen molar-refractivity contribution in [2.75, 3.05) is 14.2 Å². The number of nitrogens with one attached hydrogen (secondary N) is 1. The summed E-state index contributed by atoms with van der Waals surface area (Å²) in [6.45, 7) is 0. The Kier molecular flexibility index (Phi) is 5.42. The predicted molar refractivity (Wildman–Crippen MR) is 90.2 cm³/mol. The molecule has 1 aromatic heterocycles. The number of hydrogen-bond acceptors (Lipinski definition) is 6. The highest BCUT2D eigenvalue weighted by Gasteiger charge is 2.26. The van der Waals surface area contributed by atoms with Crippen LogP contribution in [0, 0.1) is 0 Å². The van der Waals surface area contributed by atoms with E-state index in [2.05, 4.69) is 10.5 Å². The first-order valence-electron chi connectivity index (χ1n) is 8.30. The fraction of sp³-hybridized carbons (Fsp3) is 0.444. The number of nitrogens with zero attached hydrogens (tertiary/aromatic N) is 1. The molecule has 1 amide bonds. The van der Waals surface area contributed by atoms with Crippen LogP contribution in [0.1, 0.15) is 36.2 Å². The third-order valence-corrected chi connectivity index (χ3v) is 4.33. The topological polar surface area (TPSA) is 82.8 Å². The molecule has 1 aliphatic rings. The maximum atomic E-state index is 12.0. The Bertz CT molecular complexity index is 693. The van der Waals surface area contributed by atoms with E-state index < -0.39 is 0 Å². The van der Waals surface area contributed by atoms with E-state index in [1.54, 1.807) is 20.3 Å². The van der Waals surface area contributed by atoms with Gasteiger partial charge in [-0.2, -0.15) is 0 Å². The Morgan fingerprint density at radius 2 is 1.88 bits per heavy atom. The summed E-state index contributed by atoms with van der Waals surface area (Å²) in [7, 11) is 3.20. The molecule has 0 saturated heterocycles. The number of para-hydroxylation sites is 1. The second kappa shape index (κ2) is 7.92. The van der Waals surface area contributed by atoms with Gasteiger partial charge in [-0.15, -0.1) is 0 Å². The van der Waals surface area contributed by atoms with E-state index in [-0.39, 0.29) is 23.8 Å². The molecule has 0 atom stereocenters. The van der Waals surface area contributed by atoms with Crippen LogP contribution in [0.15, 0.2) is 35.0 Å². The molecule has 7 nitrogen and oxygen atoms in total. The molecular formula is C18H22N2O5. The number of rotatable bonds is 6. The Hall–Kier alpha value is -2.70. The number of carbonyl (C=O) groups is 1. The number of ether oxygens (including phenoxy) is 3. The van der Waals surface area contributed by atoms with Crippen LogP contribution in [0.2, 0.25) is 0 Å². The van der Waals surface area contributed by atoms with Crippen LogP contribution < -0.4 is 19.5 Å². The standard InChI is InChI=1S/C18H22N2O5/c1-22-14-4-3-5-15(17(14)23-2)24-13-8-6-12(7-9-13)20-18(21)16-10-11-19-25-16/h3-5,10-13H,6-9H2,1-2H3,(H,20,21). The molecule has 1 fully saturated rings. The summed E-state index contributed by atoms with van der Waals surface area (Å²) in [6, 6.07) is 7.25. The summed E-state index contributed by atoms with van der Waals surface area (Å²) >= 11 is 0. The molecule has 0 unspecified atom stereocenters. The molecule has 3 rings (SSSR count). The zero-order valence-electron chi connectivity index (χ0n) is 14.4. The Labute approximate surface area is 146 Å². The van der Waals surface area contributed by atoms with Gasteiger partial charge in [-0.3, -0.25) is 4.79 Å². The van der Waals surface area contributed by atoms with Crippen molar-refractivity contribution in [1.82, 2.24) is 10.5 Å². The molecule has 1 aliphatic carbocycles. The Morgan fingerprint density at radius 3 is 2.52 bits per heavy atom. The maximum Gasteiger partial charge on any atom is 0.290 e. The van der Waals surface area contributed by atoms with Crippen LogP contribution in [0.25, 0.3) is 0 Å². The van der Waals surface area contributed by atoms with Crippen molar-refractivity contribution in [1.29, 1.82) is 0 Å². The van der Waals surface area contributed by atoms with Crippen molar-refractivity contribution in [3.63, 3.8) is 0 Å². The molecule has 1 N–H and O–H groups in total. The van der Waals surface area contributed by atoms with Gasteiger partial charge < -0.3 is 24.1 Å². The van der Waals surface area contributed by atoms with E-state index in [1.165, 1.54) is 6.20 Å². The van der Waals surface area contributed by atoms with Crippen LogP contribution in [0.5, 0.6) is 17.2 Å². The van der Waals surface area contributed by atoms with Gasteiger partial charge in [0.15, 0.2) is 11.5 Å². The van der Waals surface area contributed by atoms with Gasteiger partial charge in [0.25, 0.3) is 5.91 Å². The fourth-order valence-corrected chi connectivity index (χ4v) is 3.04. The van der Waals surface area contributed by atoms with Gasteiger partial charge in [0.2, 0.25) is 11.5 Å². The van der Waals surface area contributed by atoms with E-state index in [9.17, 15) is 4.79 Å². The van der Waals surface area contributed by atoms with Crippen molar-refractivity contribution in [3.05, 3.63) is 36.2 Å². The molecule has 2 aromatic rings. The summed E-state index contributed by atoms with van der Waals surface area (Å²) in [6.07, 6.45) is 4.93. The molecule has 134 valence electrons. The molecule has 25 heavy (non-hydrogen) atoms. The minimum Gasteiger partial charge on any atom is -0.493 e. The van der Waals surface area contributed by atoms with Crippen LogP contribution in [0.4, 0.5) is 0 Å². The Balaban J connectivity index is 1.54. The number of benzene rings is 1. The highest BCUT2D eigenvalue weighted by Crippen LogP contribution is 2.38. The minimum absolute atomic E-state index is 0.0828. The maximum absolute atomic E-state index is 12.0. The minimum atomic E-state index is -0.226. The lowest BCUT2D eigenvalue weighted by Crippen LogP contribution is -2.39. The van der Waals surface area contributed by atoms with Crippen LogP contribution in [-0.4, -0.2) is 37.4 Å². The summed E-state index contributed by atoms with van der Waals surface area (Å²) in [5.41, 5.74) is 0. The summed E-state index contributed by atoms with van der Waals surface area (Å²) < 4.78 is 21.7. The lowest BCUT2D eigenvalue weighted by Gasteiger charge is -2.29. The Morgan fingerprint density at radius 1 is 1.12 bits per heavy atom. The molecular weight excluding hydrogens is 324 g/mol. The molecule has 7 heteroatoms. The van der Waals surface area contributed by atoms with E-state index >= 15 is 0 Å². The smallest absolute Gasteiger partial charge is 0.290 e. The monoisotopic (exact) mass is 346 g/mol. The van der Waals surface area contributed by atoms with Crippen molar-refractivity contribution >= 4 is 5.91 Å². The molecule has 1 saturated carbocycles. The SMILES string of the molecule is COc1cccc(OC2CCC(NC(=O)c3ccno3)CC2)c1OC. The zero-order chi connectivity index (χ0) is 17.6. The number of methoxy groups -OCH3 is 2. The van der Waals surface area contributed by atoms with Crippen molar-refractivity contribution < 1.29 is 23.5 Å². The van der Waals surface area contributed by atoms with E-state index in [1.807, 2.05) is 18.2 Å². The average molecular weight is 346 g/mol. The van der Waals surface area contributed by atoms with Crippen molar-refractivity contribution in [3.8, 4) is 17.2 Å². The highest BCUT2D eigenvalue weighted by atomic mass is 16.5. The third-order valence-electron chi connectivity index (χ3n) is 4.33. The number of hydrogen-bond donors (Lipinski definition) is 1. The first-order chi connectivity index (χ1) is 12.2. The molecule has 0 spiro atoms. The second-order valence-corrected chi connectivity index (χ2v) is 5.93. The number of aromatic nitrogens is 1. The zero-order valence-corrected chi connectivity index (χ0v) is 14.4. The molecule has 0 radical (unpaired) electrons. The van der Waals surface area contributed by atoms with Gasteiger partial charge in [-0.1, -0.05) is 11.2 Å². The molecule has 1 aromatic carbocycles. The molecule has 1 heterocycles. The summed E-state index contributed by atoms with van der Waals surface area (Å²) in [5.74, 6) is 1.94. The largest absolute Gasteiger partial charge is 0.493 e. The average Bonchev–Trinajstić information content (AvgIpc) is 3.18. The van der Waals surface area contributed by atoms with E-state index in [0.717, 1.165) is 25.7 Å². The second-order valence-electron chi connectivity index (χ2n) is 5.93.